The monoisotopic (exact) mass is 405 g/mol. The lowest BCUT2D eigenvalue weighted by molar-refractivity contribution is -0.246. The molecule has 3 aromatic rings. The van der Waals surface area contributed by atoms with Crippen LogP contribution in [0.5, 0.6) is 11.5 Å². The minimum atomic E-state index is -3.86. The Bertz CT molecular complexity index is 1070. The number of para-hydroxylation sites is 2. The summed E-state index contributed by atoms with van der Waals surface area (Å²) in [5.74, 6) is 0.859. The minimum absolute atomic E-state index is 0.106. The standard InChI is InChI=1S/C20H21F2N3O4/c1-11(26)12-6-4-8-14-18(12)29-20(21,22)19(27)25(14)10-16-23-17-13(24(16)2)7-5-9-15(17)28-3/h4-9,11,19,26-27H,10H2,1-3H3. The molecule has 1 aliphatic heterocycles. The van der Waals surface area contributed by atoms with Crippen LogP contribution in [0.2, 0.25) is 0 Å². The molecule has 7 nitrogen and oxygen atoms in total. The summed E-state index contributed by atoms with van der Waals surface area (Å²) < 4.78 is 40.8. The van der Waals surface area contributed by atoms with E-state index in [0.717, 1.165) is 10.4 Å². The van der Waals surface area contributed by atoms with E-state index in [1.165, 1.54) is 20.1 Å². The van der Waals surface area contributed by atoms with Crippen LogP contribution < -0.4 is 14.4 Å². The Morgan fingerprint density at radius 1 is 1.28 bits per heavy atom. The van der Waals surface area contributed by atoms with Crippen molar-refractivity contribution in [2.75, 3.05) is 12.0 Å². The van der Waals surface area contributed by atoms with Gasteiger partial charge in [-0.15, -0.1) is 0 Å². The summed E-state index contributed by atoms with van der Waals surface area (Å²) in [6.07, 6.45) is -7.10. The van der Waals surface area contributed by atoms with Gasteiger partial charge in [-0.05, 0) is 25.1 Å². The second kappa shape index (κ2) is 6.85. The molecule has 2 atom stereocenters. The van der Waals surface area contributed by atoms with Crippen molar-refractivity contribution in [1.82, 2.24) is 9.55 Å². The fourth-order valence-electron chi connectivity index (χ4n) is 3.58. The number of alkyl halides is 2. The van der Waals surface area contributed by atoms with Gasteiger partial charge in [0.05, 0.1) is 31.0 Å². The summed E-state index contributed by atoms with van der Waals surface area (Å²) in [4.78, 5) is 5.66. The smallest absolute Gasteiger partial charge is 0.444 e. The third kappa shape index (κ3) is 3.06. The number of rotatable bonds is 4. The zero-order valence-electron chi connectivity index (χ0n) is 16.1. The SMILES string of the molecule is COc1cccc2c1nc(CN1c3cccc(C(C)O)c3OC(F)(F)C1O)n2C. The molecule has 0 amide bonds. The van der Waals surface area contributed by atoms with Gasteiger partial charge in [-0.3, -0.25) is 0 Å². The van der Waals surface area contributed by atoms with E-state index in [0.29, 0.717) is 17.1 Å². The average molecular weight is 405 g/mol. The Balaban J connectivity index is 1.83. The fourth-order valence-corrected chi connectivity index (χ4v) is 3.58. The van der Waals surface area contributed by atoms with Gasteiger partial charge in [0.1, 0.15) is 17.1 Å². The average Bonchev–Trinajstić information content (AvgIpc) is 3.00. The van der Waals surface area contributed by atoms with Crippen molar-refractivity contribution in [3.8, 4) is 11.5 Å². The number of benzene rings is 2. The molecule has 0 saturated heterocycles. The number of imidazole rings is 1. The van der Waals surface area contributed by atoms with Gasteiger partial charge in [0, 0.05) is 12.6 Å². The second-order valence-electron chi connectivity index (χ2n) is 6.95. The highest BCUT2D eigenvalue weighted by atomic mass is 19.3. The van der Waals surface area contributed by atoms with Gasteiger partial charge >= 0.3 is 6.11 Å². The molecule has 1 aromatic heterocycles. The quantitative estimate of drug-likeness (QED) is 0.695. The summed E-state index contributed by atoms with van der Waals surface area (Å²) >= 11 is 0. The molecule has 29 heavy (non-hydrogen) atoms. The van der Waals surface area contributed by atoms with Crippen LogP contribution in [0.15, 0.2) is 36.4 Å². The van der Waals surface area contributed by atoms with E-state index in [9.17, 15) is 19.0 Å². The van der Waals surface area contributed by atoms with Crippen LogP contribution in [0.25, 0.3) is 11.0 Å². The van der Waals surface area contributed by atoms with Crippen molar-refractivity contribution < 1.29 is 28.5 Å². The van der Waals surface area contributed by atoms with E-state index < -0.39 is 18.4 Å². The number of hydrogen-bond acceptors (Lipinski definition) is 6. The predicted octanol–water partition coefficient (Wildman–Crippen LogP) is 2.95. The summed E-state index contributed by atoms with van der Waals surface area (Å²) in [7, 11) is 3.30. The summed E-state index contributed by atoms with van der Waals surface area (Å²) in [6, 6.07) is 10.1. The molecule has 9 heteroatoms. The molecule has 2 aromatic carbocycles. The number of hydrogen-bond donors (Lipinski definition) is 2. The largest absolute Gasteiger partial charge is 0.494 e. The minimum Gasteiger partial charge on any atom is -0.494 e. The first-order chi connectivity index (χ1) is 13.7. The van der Waals surface area contributed by atoms with Gasteiger partial charge in [0.15, 0.2) is 5.75 Å². The number of nitrogens with zero attached hydrogens (tertiary/aromatic N) is 3. The molecule has 0 bridgehead atoms. The first kappa shape index (κ1) is 19.4. The number of fused-ring (bicyclic) bond motifs is 2. The van der Waals surface area contributed by atoms with Crippen LogP contribution in [-0.2, 0) is 13.6 Å². The van der Waals surface area contributed by atoms with Gasteiger partial charge in [-0.1, -0.05) is 18.2 Å². The Labute approximate surface area is 165 Å². The van der Waals surface area contributed by atoms with E-state index in [4.69, 9.17) is 9.47 Å². The highest BCUT2D eigenvalue weighted by molar-refractivity contribution is 5.82. The zero-order chi connectivity index (χ0) is 20.9. The first-order valence-corrected chi connectivity index (χ1v) is 9.05. The molecule has 0 aliphatic carbocycles. The van der Waals surface area contributed by atoms with E-state index in [2.05, 4.69) is 4.98 Å². The van der Waals surface area contributed by atoms with E-state index in [-0.39, 0.29) is 23.5 Å². The Morgan fingerprint density at radius 2 is 2.00 bits per heavy atom. The van der Waals surface area contributed by atoms with Gasteiger partial charge in [0.25, 0.3) is 0 Å². The number of ether oxygens (including phenoxy) is 2. The van der Waals surface area contributed by atoms with E-state index >= 15 is 0 Å². The van der Waals surface area contributed by atoms with Gasteiger partial charge in [-0.2, -0.15) is 8.78 Å². The number of aryl methyl sites for hydroxylation is 1. The predicted molar refractivity (Wildman–Crippen MR) is 102 cm³/mol. The molecular weight excluding hydrogens is 384 g/mol. The number of aliphatic hydroxyl groups excluding tert-OH is 2. The molecule has 2 unspecified atom stereocenters. The van der Waals surface area contributed by atoms with Crippen molar-refractivity contribution in [3.63, 3.8) is 0 Å². The third-order valence-electron chi connectivity index (χ3n) is 5.12. The first-order valence-electron chi connectivity index (χ1n) is 9.05. The molecule has 1 aliphatic rings. The maximum absolute atomic E-state index is 14.5. The summed E-state index contributed by atoms with van der Waals surface area (Å²) in [5.41, 5.74) is 1.83. The highest BCUT2D eigenvalue weighted by Crippen LogP contribution is 2.45. The van der Waals surface area contributed by atoms with Crippen LogP contribution >= 0.6 is 0 Å². The summed E-state index contributed by atoms with van der Waals surface area (Å²) in [6.45, 7) is 1.36. The molecule has 2 heterocycles. The summed E-state index contributed by atoms with van der Waals surface area (Å²) in [5, 5.41) is 20.3. The lowest BCUT2D eigenvalue weighted by Crippen LogP contribution is -2.54. The van der Waals surface area contributed by atoms with Crippen LogP contribution in [-0.4, -0.2) is 39.2 Å². The zero-order valence-corrected chi connectivity index (χ0v) is 16.1. The van der Waals surface area contributed by atoms with Crippen molar-refractivity contribution in [1.29, 1.82) is 0 Å². The molecule has 0 fully saturated rings. The maximum Gasteiger partial charge on any atom is 0.444 e. The molecule has 2 N–H and O–H groups in total. The topological polar surface area (TPSA) is 80.0 Å². The normalized spacial score (nSPS) is 19.0. The Hall–Kier alpha value is -2.91. The molecule has 0 radical (unpaired) electrons. The fraction of sp³-hybridized carbons (Fsp3) is 0.350. The van der Waals surface area contributed by atoms with Crippen molar-refractivity contribution in [2.45, 2.75) is 31.9 Å². The number of halogens is 2. The Morgan fingerprint density at radius 3 is 2.69 bits per heavy atom. The van der Waals surface area contributed by atoms with Crippen molar-refractivity contribution in [3.05, 3.63) is 47.8 Å². The van der Waals surface area contributed by atoms with E-state index in [1.807, 2.05) is 12.1 Å². The van der Waals surface area contributed by atoms with Gasteiger partial charge in [0.2, 0.25) is 6.23 Å². The lowest BCUT2D eigenvalue weighted by Gasteiger charge is -2.40. The third-order valence-corrected chi connectivity index (χ3v) is 5.12. The number of aromatic nitrogens is 2. The van der Waals surface area contributed by atoms with Crippen molar-refractivity contribution in [2.24, 2.45) is 7.05 Å². The van der Waals surface area contributed by atoms with Crippen LogP contribution in [0, 0.1) is 0 Å². The lowest BCUT2D eigenvalue weighted by atomic mass is 10.1. The highest BCUT2D eigenvalue weighted by Gasteiger charge is 2.51. The number of methoxy groups -OCH3 is 1. The number of aliphatic hydroxyl groups is 2. The maximum atomic E-state index is 14.5. The molecule has 4 rings (SSSR count). The van der Waals surface area contributed by atoms with Gasteiger partial charge < -0.3 is 29.2 Å². The molecule has 0 saturated carbocycles. The second-order valence-corrected chi connectivity index (χ2v) is 6.95. The van der Waals surface area contributed by atoms with Crippen LogP contribution in [0.1, 0.15) is 24.4 Å². The van der Waals surface area contributed by atoms with Crippen LogP contribution in [0.3, 0.4) is 0 Å². The van der Waals surface area contributed by atoms with E-state index in [1.54, 1.807) is 29.8 Å². The van der Waals surface area contributed by atoms with Crippen molar-refractivity contribution >= 4 is 16.7 Å². The molecule has 154 valence electrons. The Kier molecular flexibility index (Phi) is 4.59. The molecular formula is C20H21F2N3O4. The molecule has 0 spiro atoms. The van der Waals surface area contributed by atoms with Gasteiger partial charge in [-0.25, -0.2) is 4.98 Å². The number of anilines is 1. The van der Waals surface area contributed by atoms with Crippen LogP contribution in [0.4, 0.5) is 14.5 Å².